The quantitative estimate of drug-likeness (QED) is 0.737. The van der Waals surface area contributed by atoms with Crippen LogP contribution in [0.15, 0.2) is 0 Å². The molecule has 0 aromatic carbocycles. The first kappa shape index (κ1) is 16.6. The van der Waals surface area contributed by atoms with E-state index in [-0.39, 0.29) is 29.7 Å². The fourth-order valence-corrected chi connectivity index (χ4v) is 4.39. The second-order valence-corrected chi connectivity index (χ2v) is 7.82. The summed E-state index contributed by atoms with van der Waals surface area (Å²) in [4.78, 5) is 42.6. The molecule has 2 atom stereocenters. The Morgan fingerprint density at radius 3 is 2.74 bits per heavy atom. The van der Waals surface area contributed by atoms with Gasteiger partial charge in [0.25, 0.3) is 0 Å². The third kappa shape index (κ3) is 3.49. The van der Waals surface area contributed by atoms with E-state index in [1.807, 2.05) is 11.8 Å². The minimum atomic E-state index is -0.370. The molecule has 3 rings (SSSR count). The number of hydrogen-bond donors (Lipinski definition) is 0. The van der Waals surface area contributed by atoms with E-state index in [2.05, 4.69) is 0 Å². The zero-order valence-corrected chi connectivity index (χ0v) is 14.7. The summed E-state index contributed by atoms with van der Waals surface area (Å²) in [5, 5.41) is 0. The minimum Gasteiger partial charge on any atom is -0.344 e. The molecule has 1 saturated carbocycles. The molecule has 0 N–H and O–H groups in total. The minimum absolute atomic E-state index is 0.00464. The van der Waals surface area contributed by atoms with Crippen molar-refractivity contribution in [3.63, 3.8) is 0 Å². The molecule has 6 nitrogen and oxygen atoms in total. The molecule has 0 radical (unpaired) electrons. The van der Waals surface area contributed by atoms with E-state index in [0.29, 0.717) is 37.1 Å². The number of likely N-dealkylation sites (N-methyl/N-ethyl adjacent to an activating group) is 1. The highest BCUT2D eigenvalue weighted by Gasteiger charge is 2.43. The lowest BCUT2D eigenvalue weighted by Gasteiger charge is -2.28. The summed E-state index contributed by atoms with van der Waals surface area (Å²) in [7, 11) is 1.77. The molecule has 3 aliphatic rings. The summed E-state index contributed by atoms with van der Waals surface area (Å²) in [6.07, 6.45) is 2.70. The third-order valence-electron chi connectivity index (χ3n) is 5.04. The van der Waals surface area contributed by atoms with Gasteiger partial charge >= 0.3 is 0 Å². The molecule has 0 unspecified atom stereocenters. The zero-order valence-electron chi connectivity index (χ0n) is 13.9. The van der Waals surface area contributed by atoms with Gasteiger partial charge in [-0.05, 0) is 25.7 Å². The second-order valence-electron chi connectivity index (χ2n) is 6.82. The van der Waals surface area contributed by atoms with Crippen LogP contribution in [0.5, 0.6) is 0 Å². The van der Waals surface area contributed by atoms with Crippen LogP contribution in [0.3, 0.4) is 0 Å². The van der Waals surface area contributed by atoms with E-state index < -0.39 is 0 Å². The van der Waals surface area contributed by atoms with E-state index in [4.69, 9.17) is 0 Å². The van der Waals surface area contributed by atoms with Gasteiger partial charge in [0.05, 0.1) is 11.8 Å². The van der Waals surface area contributed by atoms with Crippen LogP contribution < -0.4 is 0 Å². The largest absolute Gasteiger partial charge is 0.344 e. The van der Waals surface area contributed by atoms with Gasteiger partial charge in [-0.25, -0.2) is 0 Å². The molecule has 2 saturated heterocycles. The van der Waals surface area contributed by atoms with Crippen LogP contribution in [0, 0.1) is 11.8 Å². The van der Waals surface area contributed by atoms with Crippen molar-refractivity contribution in [2.45, 2.75) is 32.2 Å². The van der Waals surface area contributed by atoms with Crippen molar-refractivity contribution in [3.05, 3.63) is 0 Å². The molecule has 7 heteroatoms. The molecule has 2 heterocycles. The number of nitrogens with zero attached hydrogens (tertiary/aromatic N) is 3. The standard InChI is InChI=1S/C16H25N3O3S/c1-3-17(2)16(22)13-9-23-10-19(13)15(21)12-6-14(20)18(8-12)7-11-4-5-11/h11-13H,3-10H2,1-2H3/t12-,13+/m1/s1. The normalized spacial score (nSPS) is 27.7. The Morgan fingerprint density at radius 1 is 1.35 bits per heavy atom. The fraction of sp³-hybridized carbons (Fsp3) is 0.812. The highest BCUT2D eigenvalue weighted by atomic mass is 32.2. The first-order valence-electron chi connectivity index (χ1n) is 8.42. The van der Waals surface area contributed by atoms with Crippen molar-refractivity contribution >= 4 is 29.5 Å². The summed E-state index contributed by atoms with van der Waals surface area (Å²) < 4.78 is 0. The van der Waals surface area contributed by atoms with Crippen molar-refractivity contribution in [1.82, 2.24) is 14.7 Å². The van der Waals surface area contributed by atoms with Crippen molar-refractivity contribution < 1.29 is 14.4 Å². The summed E-state index contributed by atoms with van der Waals surface area (Å²) in [5.41, 5.74) is 0. The molecule has 2 aliphatic heterocycles. The van der Waals surface area contributed by atoms with E-state index in [1.165, 1.54) is 12.8 Å². The van der Waals surface area contributed by atoms with Crippen molar-refractivity contribution in [3.8, 4) is 0 Å². The summed E-state index contributed by atoms with van der Waals surface area (Å²) in [6.45, 7) is 3.90. The Kier molecular flexibility index (Phi) is 4.85. The molecule has 128 valence electrons. The molecule has 0 bridgehead atoms. The maximum Gasteiger partial charge on any atom is 0.245 e. The van der Waals surface area contributed by atoms with E-state index in [9.17, 15) is 14.4 Å². The SMILES string of the molecule is CCN(C)C(=O)[C@@H]1CSCN1C(=O)[C@@H]1CC(=O)N(CC2CC2)C1. The number of rotatable bonds is 5. The number of likely N-dealkylation sites (tertiary alicyclic amines) is 1. The summed E-state index contributed by atoms with van der Waals surface area (Å²) in [6, 6.07) is -0.370. The predicted octanol–water partition coefficient (Wildman–Crippen LogP) is 0.625. The number of carbonyl (C=O) groups excluding carboxylic acids is 3. The zero-order chi connectivity index (χ0) is 16.6. The summed E-state index contributed by atoms with van der Waals surface area (Å²) in [5.74, 6) is 1.65. The van der Waals surface area contributed by atoms with Crippen LogP contribution in [-0.2, 0) is 14.4 Å². The molecule has 0 aromatic heterocycles. The number of carbonyl (C=O) groups is 3. The Balaban J connectivity index is 1.62. The van der Waals surface area contributed by atoms with Crippen LogP contribution in [0.1, 0.15) is 26.2 Å². The smallest absolute Gasteiger partial charge is 0.245 e. The van der Waals surface area contributed by atoms with Gasteiger partial charge in [0.2, 0.25) is 17.7 Å². The van der Waals surface area contributed by atoms with Crippen LogP contribution in [-0.4, -0.2) is 76.8 Å². The van der Waals surface area contributed by atoms with Crippen molar-refractivity contribution in [2.75, 3.05) is 38.3 Å². The Hall–Kier alpha value is -1.24. The van der Waals surface area contributed by atoms with Gasteiger partial charge in [-0.2, -0.15) is 0 Å². The van der Waals surface area contributed by atoms with E-state index >= 15 is 0 Å². The van der Waals surface area contributed by atoms with Gasteiger partial charge in [-0.3, -0.25) is 14.4 Å². The Bertz CT molecular complexity index is 509. The fourth-order valence-electron chi connectivity index (χ4n) is 3.24. The van der Waals surface area contributed by atoms with Crippen LogP contribution in [0.25, 0.3) is 0 Å². The molecule has 0 spiro atoms. The van der Waals surface area contributed by atoms with E-state index in [0.717, 1.165) is 6.54 Å². The lowest BCUT2D eigenvalue weighted by molar-refractivity contribution is -0.144. The molecule has 0 aromatic rings. The molecule has 1 aliphatic carbocycles. The average Bonchev–Trinajstić information content (AvgIpc) is 3.09. The van der Waals surface area contributed by atoms with Crippen LogP contribution in [0.4, 0.5) is 0 Å². The van der Waals surface area contributed by atoms with Gasteiger partial charge < -0.3 is 14.7 Å². The monoisotopic (exact) mass is 339 g/mol. The van der Waals surface area contributed by atoms with Gasteiger partial charge in [-0.15, -0.1) is 11.8 Å². The molecular formula is C16H25N3O3S. The predicted molar refractivity (Wildman–Crippen MR) is 88.7 cm³/mol. The Morgan fingerprint density at radius 2 is 2.09 bits per heavy atom. The van der Waals surface area contributed by atoms with Gasteiger partial charge in [0.1, 0.15) is 6.04 Å². The lowest BCUT2D eigenvalue weighted by Crippen LogP contribution is -2.49. The van der Waals surface area contributed by atoms with Crippen LogP contribution in [0.2, 0.25) is 0 Å². The molecule has 23 heavy (non-hydrogen) atoms. The molecule has 3 amide bonds. The van der Waals surface area contributed by atoms with Gasteiger partial charge in [0.15, 0.2) is 0 Å². The Labute approximate surface area is 141 Å². The molecule has 3 fully saturated rings. The summed E-state index contributed by atoms with van der Waals surface area (Å²) >= 11 is 1.61. The maximum atomic E-state index is 12.8. The number of thioether (sulfide) groups is 1. The van der Waals surface area contributed by atoms with Crippen molar-refractivity contribution in [2.24, 2.45) is 11.8 Å². The third-order valence-corrected chi connectivity index (χ3v) is 6.05. The van der Waals surface area contributed by atoms with Crippen molar-refractivity contribution in [1.29, 1.82) is 0 Å². The maximum absolute atomic E-state index is 12.8. The number of hydrogen-bond acceptors (Lipinski definition) is 4. The number of amides is 3. The first-order chi connectivity index (χ1) is 11.0. The molecular weight excluding hydrogens is 314 g/mol. The van der Waals surface area contributed by atoms with Gasteiger partial charge in [-0.1, -0.05) is 0 Å². The second kappa shape index (κ2) is 6.71. The first-order valence-corrected chi connectivity index (χ1v) is 9.57. The highest BCUT2D eigenvalue weighted by Crippen LogP contribution is 2.33. The van der Waals surface area contributed by atoms with E-state index in [1.54, 1.807) is 28.6 Å². The topological polar surface area (TPSA) is 60.9 Å². The van der Waals surface area contributed by atoms with Crippen LogP contribution >= 0.6 is 11.8 Å². The van der Waals surface area contributed by atoms with Gasteiger partial charge in [0, 0.05) is 38.9 Å². The highest BCUT2D eigenvalue weighted by molar-refractivity contribution is 7.99. The average molecular weight is 339 g/mol. The lowest BCUT2D eigenvalue weighted by atomic mass is 10.1.